The van der Waals surface area contributed by atoms with Gasteiger partial charge in [0.05, 0.1) is 5.52 Å². The molecule has 0 fully saturated rings. The molecular weight excluding hydrogens is 272 g/mol. The summed E-state index contributed by atoms with van der Waals surface area (Å²) in [5, 5.41) is 18.8. The molecule has 0 unspecified atom stereocenters. The summed E-state index contributed by atoms with van der Waals surface area (Å²) < 4.78 is 7.15. The molecule has 0 bridgehead atoms. The lowest BCUT2D eigenvalue weighted by Crippen LogP contribution is -2.01. The highest BCUT2D eigenvalue weighted by Crippen LogP contribution is 2.25. The molecule has 6 nitrogen and oxygen atoms in total. The van der Waals surface area contributed by atoms with Crippen LogP contribution in [0.1, 0.15) is 16.3 Å². The average Bonchev–Trinajstić information content (AvgIpc) is 2.86. The van der Waals surface area contributed by atoms with Crippen molar-refractivity contribution >= 4 is 11.5 Å². The first-order chi connectivity index (χ1) is 10.2. The second-order valence-electron chi connectivity index (χ2n) is 4.39. The van der Waals surface area contributed by atoms with Crippen molar-refractivity contribution in [2.45, 2.75) is 6.61 Å². The number of carboxylic acid groups (broad SMARTS) is 1. The van der Waals surface area contributed by atoms with Crippen molar-refractivity contribution in [1.29, 1.82) is 0 Å². The first kappa shape index (κ1) is 13.0. The van der Waals surface area contributed by atoms with Crippen molar-refractivity contribution in [2.24, 2.45) is 0 Å². The van der Waals surface area contributed by atoms with Gasteiger partial charge in [0, 0.05) is 6.20 Å². The molecule has 0 radical (unpaired) electrons. The summed E-state index contributed by atoms with van der Waals surface area (Å²) in [5.74, 6) is -0.294. The first-order valence-electron chi connectivity index (χ1n) is 6.27. The lowest BCUT2D eigenvalue weighted by molar-refractivity contribution is 0.0693. The number of rotatable bonds is 4. The smallest absolute Gasteiger partial charge is 0.356 e. The van der Waals surface area contributed by atoms with Gasteiger partial charge in [0.15, 0.2) is 23.0 Å². The van der Waals surface area contributed by atoms with E-state index in [1.54, 1.807) is 47.0 Å². The van der Waals surface area contributed by atoms with E-state index in [0.717, 1.165) is 0 Å². The van der Waals surface area contributed by atoms with Crippen molar-refractivity contribution in [2.75, 3.05) is 0 Å². The van der Waals surface area contributed by atoms with Gasteiger partial charge in [0.2, 0.25) is 0 Å². The number of carbonyl (C=O) groups is 1. The molecule has 6 heteroatoms. The third-order valence-corrected chi connectivity index (χ3v) is 3.05. The van der Waals surface area contributed by atoms with Crippen LogP contribution in [-0.2, 0) is 6.61 Å². The molecule has 0 aliphatic rings. The molecule has 2 aromatic heterocycles. The summed E-state index contributed by atoms with van der Waals surface area (Å²) in [6.45, 7) is 0.0516. The lowest BCUT2D eigenvalue weighted by Gasteiger charge is -2.06. The van der Waals surface area contributed by atoms with E-state index in [1.807, 2.05) is 0 Å². The lowest BCUT2D eigenvalue weighted by atomic mass is 10.3. The monoisotopic (exact) mass is 284 g/mol. The van der Waals surface area contributed by atoms with Gasteiger partial charge >= 0.3 is 5.97 Å². The maximum absolute atomic E-state index is 11.2. The van der Waals surface area contributed by atoms with E-state index >= 15 is 0 Å². The summed E-state index contributed by atoms with van der Waals surface area (Å²) in [6.07, 6.45) is 1.72. The highest BCUT2D eigenvalue weighted by atomic mass is 16.5. The van der Waals surface area contributed by atoms with Crippen LogP contribution >= 0.6 is 0 Å². The van der Waals surface area contributed by atoms with Gasteiger partial charge in [0.1, 0.15) is 6.61 Å². The number of phenolic OH excluding ortho intramolecular Hbond substituents is 1. The molecule has 3 rings (SSSR count). The van der Waals surface area contributed by atoms with Gasteiger partial charge in [-0.05, 0) is 24.3 Å². The van der Waals surface area contributed by atoms with E-state index in [4.69, 9.17) is 9.84 Å². The van der Waals surface area contributed by atoms with Crippen molar-refractivity contribution < 1.29 is 19.7 Å². The van der Waals surface area contributed by atoms with E-state index in [9.17, 15) is 9.90 Å². The van der Waals surface area contributed by atoms with Crippen LogP contribution in [0.25, 0.3) is 5.52 Å². The SMILES string of the molecule is O=C(O)c1nc(COc2ccccc2O)n2ccccc12. The fourth-order valence-electron chi connectivity index (χ4n) is 2.08. The van der Waals surface area contributed by atoms with Gasteiger partial charge in [-0.15, -0.1) is 0 Å². The van der Waals surface area contributed by atoms with Crippen LogP contribution in [0.3, 0.4) is 0 Å². The summed E-state index contributed by atoms with van der Waals surface area (Å²) >= 11 is 0. The van der Waals surface area contributed by atoms with E-state index in [0.29, 0.717) is 17.1 Å². The molecule has 0 aliphatic carbocycles. The minimum absolute atomic E-state index is 0.0218. The van der Waals surface area contributed by atoms with Crippen LogP contribution in [0.2, 0.25) is 0 Å². The molecule has 0 saturated carbocycles. The minimum atomic E-state index is -1.09. The van der Waals surface area contributed by atoms with Crippen LogP contribution in [0.4, 0.5) is 0 Å². The number of hydrogen-bond donors (Lipinski definition) is 2. The standard InChI is InChI=1S/C15H12N2O4/c18-11-6-1-2-7-12(11)21-9-13-16-14(15(19)20)10-5-3-4-8-17(10)13/h1-8,18H,9H2,(H,19,20). The Morgan fingerprint density at radius 2 is 1.95 bits per heavy atom. The molecule has 3 aromatic rings. The summed E-state index contributed by atoms with van der Waals surface area (Å²) in [7, 11) is 0. The zero-order valence-corrected chi connectivity index (χ0v) is 10.9. The predicted octanol–water partition coefficient (Wildman–Crippen LogP) is 2.32. The van der Waals surface area contributed by atoms with E-state index < -0.39 is 5.97 Å². The van der Waals surface area contributed by atoms with Crippen molar-refractivity contribution in [3.63, 3.8) is 0 Å². The molecule has 2 N–H and O–H groups in total. The van der Waals surface area contributed by atoms with Gasteiger partial charge in [0.25, 0.3) is 0 Å². The summed E-state index contributed by atoms with van der Waals surface area (Å²) in [4.78, 5) is 15.3. The maximum Gasteiger partial charge on any atom is 0.356 e. The van der Waals surface area contributed by atoms with Crippen LogP contribution in [0.5, 0.6) is 11.5 Å². The Kier molecular flexibility index (Phi) is 3.19. The third kappa shape index (κ3) is 2.38. The number of imidazole rings is 1. The van der Waals surface area contributed by atoms with Crippen LogP contribution < -0.4 is 4.74 Å². The van der Waals surface area contributed by atoms with Crippen LogP contribution in [0, 0.1) is 0 Å². The molecule has 0 saturated heterocycles. The van der Waals surface area contributed by atoms with Crippen LogP contribution in [-0.4, -0.2) is 25.6 Å². The predicted molar refractivity (Wildman–Crippen MR) is 74.6 cm³/mol. The normalized spacial score (nSPS) is 10.7. The number of hydrogen-bond acceptors (Lipinski definition) is 4. The zero-order valence-electron chi connectivity index (χ0n) is 10.9. The fraction of sp³-hybridized carbons (Fsp3) is 0.0667. The molecule has 1 aromatic carbocycles. The van der Waals surface area contributed by atoms with Gasteiger partial charge in [-0.1, -0.05) is 18.2 Å². The average molecular weight is 284 g/mol. The number of benzene rings is 1. The Morgan fingerprint density at radius 1 is 1.19 bits per heavy atom. The van der Waals surface area contributed by atoms with Crippen LogP contribution in [0.15, 0.2) is 48.7 Å². The number of aromatic hydroxyl groups is 1. The number of carboxylic acids is 1. The number of nitrogens with zero attached hydrogens (tertiary/aromatic N) is 2. The summed E-state index contributed by atoms with van der Waals surface area (Å²) in [6, 6.07) is 11.8. The van der Waals surface area contributed by atoms with Gasteiger partial charge in [-0.3, -0.25) is 4.40 Å². The second-order valence-corrected chi connectivity index (χ2v) is 4.39. The maximum atomic E-state index is 11.2. The quantitative estimate of drug-likeness (QED) is 0.768. The second kappa shape index (κ2) is 5.16. The summed E-state index contributed by atoms with van der Waals surface area (Å²) in [5.41, 5.74) is 0.479. The molecule has 0 amide bonds. The number of fused-ring (bicyclic) bond motifs is 1. The van der Waals surface area contributed by atoms with Gasteiger partial charge < -0.3 is 14.9 Å². The van der Waals surface area contributed by atoms with Crippen molar-refractivity contribution in [3.8, 4) is 11.5 Å². The Hall–Kier alpha value is -3.02. The Bertz CT molecular complexity index is 810. The number of aromatic carboxylic acids is 1. The van der Waals surface area contributed by atoms with Crippen molar-refractivity contribution in [1.82, 2.24) is 9.38 Å². The van der Waals surface area contributed by atoms with E-state index in [2.05, 4.69) is 4.98 Å². The van der Waals surface area contributed by atoms with E-state index in [1.165, 1.54) is 6.07 Å². The molecule has 21 heavy (non-hydrogen) atoms. The Balaban J connectivity index is 1.94. The molecule has 106 valence electrons. The molecule has 0 aliphatic heterocycles. The minimum Gasteiger partial charge on any atom is -0.504 e. The molecular formula is C15H12N2O4. The molecule has 0 spiro atoms. The largest absolute Gasteiger partial charge is 0.504 e. The fourth-order valence-corrected chi connectivity index (χ4v) is 2.08. The highest BCUT2D eigenvalue weighted by molar-refractivity contribution is 5.93. The molecule has 2 heterocycles. The third-order valence-electron chi connectivity index (χ3n) is 3.05. The number of pyridine rings is 1. The molecule has 0 atom stereocenters. The number of ether oxygens (including phenoxy) is 1. The number of phenols is 1. The Labute approximate surface area is 119 Å². The zero-order chi connectivity index (χ0) is 14.8. The topological polar surface area (TPSA) is 84.1 Å². The number of para-hydroxylation sites is 2. The van der Waals surface area contributed by atoms with Gasteiger partial charge in [-0.2, -0.15) is 0 Å². The van der Waals surface area contributed by atoms with E-state index in [-0.39, 0.29) is 18.1 Å². The van der Waals surface area contributed by atoms with Gasteiger partial charge in [-0.25, -0.2) is 9.78 Å². The highest BCUT2D eigenvalue weighted by Gasteiger charge is 2.16. The Morgan fingerprint density at radius 3 is 2.71 bits per heavy atom. The number of aromatic nitrogens is 2. The van der Waals surface area contributed by atoms with Crippen molar-refractivity contribution in [3.05, 3.63) is 60.2 Å². The first-order valence-corrected chi connectivity index (χ1v) is 6.27.